The Labute approximate surface area is 93.5 Å². The lowest BCUT2D eigenvalue weighted by Crippen LogP contribution is -1.97. The van der Waals surface area contributed by atoms with Gasteiger partial charge in [0, 0.05) is 17.5 Å². The van der Waals surface area contributed by atoms with Gasteiger partial charge in [0.2, 0.25) is 5.70 Å². The van der Waals surface area contributed by atoms with Gasteiger partial charge in [-0.05, 0) is 24.1 Å². The molecule has 0 aromatic heterocycles. The molecule has 0 aliphatic rings. The van der Waals surface area contributed by atoms with E-state index < -0.39 is 0 Å². The van der Waals surface area contributed by atoms with Crippen LogP contribution in [0.5, 0.6) is 0 Å². The summed E-state index contributed by atoms with van der Waals surface area (Å²) in [6.45, 7) is 1.92. The zero-order chi connectivity index (χ0) is 11.3. The summed E-state index contributed by atoms with van der Waals surface area (Å²) < 4.78 is 0. The Morgan fingerprint density at radius 1 is 1.47 bits per heavy atom. The van der Waals surface area contributed by atoms with E-state index in [2.05, 4.69) is 0 Å². The van der Waals surface area contributed by atoms with Gasteiger partial charge in [-0.1, -0.05) is 30.7 Å². The van der Waals surface area contributed by atoms with Crippen molar-refractivity contribution >= 4 is 17.7 Å². The average molecular weight is 226 g/mol. The molecule has 1 rings (SSSR count). The molecule has 0 saturated heterocycles. The largest absolute Gasteiger partial charge is 0.259 e. The number of nitro groups is 1. The van der Waals surface area contributed by atoms with Crippen LogP contribution in [0.25, 0.3) is 6.08 Å². The molecule has 1 aromatic rings. The van der Waals surface area contributed by atoms with Crippen molar-refractivity contribution in [2.45, 2.75) is 19.8 Å². The molecule has 0 spiro atoms. The number of halogens is 1. The number of hydrogen-bond donors (Lipinski definition) is 0. The molecule has 1 aromatic carbocycles. The van der Waals surface area contributed by atoms with E-state index >= 15 is 0 Å². The molecular formula is C11H12ClNO2. The quantitative estimate of drug-likeness (QED) is 0.579. The summed E-state index contributed by atoms with van der Waals surface area (Å²) >= 11 is 5.72. The van der Waals surface area contributed by atoms with Crippen LogP contribution < -0.4 is 0 Å². The Morgan fingerprint density at radius 2 is 2.07 bits per heavy atom. The normalized spacial score (nSPS) is 11.5. The Bertz CT molecular complexity index is 371. The van der Waals surface area contributed by atoms with Gasteiger partial charge in [0.05, 0.1) is 4.92 Å². The molecule has 0 unspecified atom stereocenters. The first-order chi connectivity index (χ1) is 7.13. The first-order valence-electron chi connectivity index (χ1n) is 4.74. The second kappa shape index (κ2) is 5.51. The summed E-state index contributed by atoms with van der Waals surface area (Å²) in [7, 11) is 0. The van der Waals surface area contributed by atoms with Gasteiger partial charge in [-0.15, -0.1) is 0 Å². The summed E-state index contributed by atoms with van der Waals surface area (Å²) in [4.78, 5) is 10.3. The van der Waals surface area contributed by atoms with E-state index in [0.29, 0.717) is 11.4 Å². The number of benzene rings is 1. The number of allylic oxidation sites excluding steroid dienone is 1. The molecule has 15 heavy (non-hydrogen) atoms. The van der Waals surface area contributed by atoms with Crippen LogP contribution in [0.2, 0.25) is 5.02 Å². The Kier molecular flexibility index (Phi) is 4.31. The monoisotopic (exact) mass is 225 g/mol. The van der Waals surface area contributed by atoms with Gasteiger partial charge in [0.1, 0.15) is 0 Å². The van der Waals surface area contributed by atoms with Crippen molar-refractivity contribution in [3.63, 3.8) is 0 Å². The SMILES string of the molecule is CCC/C(=C/c1ccc(Cl)cc1)[N+](=O)[O-]. The van der Waals surface area contributed by atoms with Crippen LogP contribution in [0, 0.1) is 10.1 Å². The van der Waals surface area contributed by atoms with Crippen molar-refractivity contribution in [1.82, 2.24) is 0 Å². The highest BCUT2D eigenvalue weighted by Gasteiger charge is 2.08. The van der Waals surface area contributed by atoms with Crippen LogP contribution >= 0.6 is 11.6 Å². The van der Waals surface area contributed by atoms with E-state index in [9.17, 15) is 10.1 Å². The summed E-state index contributed by atoms with van der Waals surface area (Å²) in [5.74, 6) is 0. The van der Waals surface area contributed by atoms with E-state index in [1.165, 1.54) is 0 Å². The molecule has 0 heterocycles. The molecule has 0 aliphatic heterocycles. The van der Waals surface area contributed by atoms with Crippen LogP contribution in [0.3, 0.4) is 0 Å². The second-order valence-corrected chi connectivity index (χ2v) is 3.63. The van der Waals surface area contributed by atoms with Crippen molar-refractivity contribution in [3.05, 3.63) is 50.7 Å². The fourth-order valence-electron chi connectivity index (χ4n) is 1.22. The van der Waals surface area contributed by atoms with Crippen molar-refractivity contribution in [2.75, 3.05) is 0 Å². The minimum absolute atomic E-state index is 0.236. The third-order valence-corrected chi connectivity index (χ3v) is 2.20. The maximum atomic E-state index is 10.7. The molecule has 0 bridgehead atoms. The zero-order valence-electron chi connectivity index (χ0n) is 8.44. The molecule has 80 valence electrons. The fraction of sp³-hybridized carbons (Fsp3) is 0.273. The summed E-state index contributed by atoms with van der Waals surface area (Å²) in [6.07, 6.45) is 2.83. The standard InChI is InChI=1S/C11H12ClNO2/c1-2-3-11(13(14)15)8-9-4-6-10(12)7-5-9/h4-8H,2-3H2,1H3/b11-8-. The minimum Gasteiger partial charge on any atom is -0.259 e. The fourth-order valence-corrected chi connectivity index (χ4v) is 1.35. The van der Waals surface area contributed by atoms with Crippen molar-refractivity contribution in [3.8, 4) is 0 Å². The van der Waals surface area contributed by atoms with Crippen LogP contribution in [-0.2, 0) is 0 Å². The van der Waals surface area contributed by atoms with Gasteiger partial charge in [-0.2, -0.15) is 0 Å². The smallest absolute Gasteiger partial charge is 0.246 e. The highest BCUT2D eigenvalue weighted by Crippen LogP contribution is 2.15. The Balaban J connectivity index is 2.91. The van der Waals surface area contributed by atoms with Gasteiger partial charge in [-0.3, -0.25) is 10.1 Å². The first kappa shape index (κ1) is 11.7. The molecule has 0 aliphatic carbocycles. The van der Waals surface area contributed by atoms with Gasteiger partial charge in [-0.25, -0.2) is 0 Å². The lowest BCUT2D eigenvalue weighted by molar-refractivity contribution is -0.426. The highest BCUT2D eigenvalue weighted by molar-refractivity contribution is 6.30. The molecule has 4 heteroatoms. The zero-order valence-corrected chi connectivity index (χ0v) is 9.20. The van der Waals surface area contributed by atoms with Gasteiger partial charge in [0.25, 0.3) is 0 Å². The second-order valence-electron chi connectivity index (χ2n) is 3.19. The summed E-state index contributed by atoms with van der Waals surface area (Å²) in [5.41, 5.74) is 1.04. The van der Waals surface area contributed by atoms with Crippen LogP contribution in [-0.4, -0.2) is 4.92 Å². The van der Waals surface area contributed by atoms with E-state index in [1.54, 1.807) is 30.3 Å². The van der Waals surface area contributed by atoms with Crippen molar-refractivity contribution < 1.29 is 4.92 Å². The summed E-state index contributed by atoms with van der Waals surface area (Å²) in [5, 5.41) is 11.3. The predicted octanol–water partition coefficient (Wildman–Crippen LogP) is 3.76. The van der Waals surface area contributed by atoms with E-state index in [-0.39, 0.29) is 10.6 Å². The lowest BCUT2D eigenvalue weighted by atomic mass is 10.1. The Morgan fingerprint density at radius 3 is 2.53 bits per heavy atom. The minimum atomic E-state index is -0.335. The first-order valence-corrected chi connectivity index (χ1v) is 5.12. The van der Waals surface area contributed by atoms with Crippen molar-refractivity contribution in [2.24, 2.45) is 0 Å². The van der Waals surface area contributed by atoms with E-state index in [1.807, 2.05) is 6.92 Å². The molecule has 0 N–H and O–H groups in total. The topological polar surface area (TPSA) is 43.1 Å². The van der Waals surface area contributed by atoms with Crippen LogP contribution in [0.4, 0.5) is 0 Å². The molecule has 0 amide bonds. The molecule has 3 nitrogen and oxygen atoms in total. The molecule has 0 fully saturated rings. The number of hydrogen-bond acceptors (Lipinski definition) is 2. The van der Waals surface area contributed by atoms with E-state index in [0.717, 1.165) is 12.0 Å². The third-order valence-electron chi connectivity index (χ3n) is 1.94. The number of nitrogens with zero attached hydrogens (tertiary/aromatic N) is 1. The Hall–Kier alpha value is -1.35. The summed E-state index contributed by atoms with van der Waals surface area (Å²) in [6, 6.07) is 6.97. The third kappa shape index (κ3) is 3.72. The molecule has 0 atom stereocenters. The van der Waals surface area contributed by atoms with Crippen LogP contribution in [0.1, 0.15) is 25.3 Å². The van der Waals surface area contributed by atoms with Gasteiger partial charge in [0.15, 0.2) is 0 Å². The molecule has 0 saturated carbocycles. The number of rotatable bonds is 4. The van der Waals surface area contributed by atoms with E-state index in [4.69, 9.17) is 11.6 Å². The lowest BCUT2D eigenvalue weighted by Gasteiger charge is -1.97. The predicted molar refractivity (Wildman–Crippen MR) is 61.3 cm³/mol. The van der Waals surface area contributed by atoms with Crippen molar-refractivity contribution in [1.29, 1.82) is 0 Å². The van der Waals surface area contributed by atoms with Gasteiger partial charge >= 0.3 is 0 Å². The van der Waals surface area contributed by atoms with Crippen LogP contribution in [0.15, 0.2) is 30.0 Å². The average Bonchev–Trinajstić information content (AvgIpc) is 2.20. The maximum absolute atomic E-state index is 10.7. The maximum Gasteiger partial charge on any atom is 0.246 e. The molecule has 0 radical (unpaired) electrons. The highest BCUT2D eigenvalue weighted by atomic mass is 35.5. The van der Waals surface area contributed by atoms with Gasteiger partial charge < -0.3 is 0 Å². The molecular weight excluding hydrogens is 214 g/mol.